The van der Waals surface area contributed by atoms with E-state index in [1.54, 1.807) is 0 Å². The number of carboxylic acid groups (broad SMARTS) is 1. The van der Waals surface area contributed by atoms with Gasteiger partial charge in [0.05, 0.1) is 23.4 Å². The lowest BCUT2D eigenvalue weighted by Crippen LogP contribution is -1.98. The third kappa shape index (κ3) is 1.50. The first kappa shape index (κ1) is 10.2. The highest BCUT2D eigenvalue weighted by Crippen LogP contribution is 2.28. The van der Waals surface area contributed by atoms with E-state index < -0.39 is 5.97 Å². The largest absolute Gasteiger partial charge is 0.492 e. The summed E-state index contributed by atoms with van der Waals surface area (Å²) in [6.07, 6.45) is 0. The van der Waals surface area contributed by atoms with E-state index in [2.05, 4.69) is 10.2 Å². The Kier molecular flexibility index (Phi) is 2.32. The number of carboxylic acids is 1. The molecule has 1 heterocycles. The van der Waals surface area contributed by atoms with Gasteiger partial charge in [0, 0.05) is 0 Å². The van der Waals surface area contributed by atoms with E-state index in [0.717, 1.165) is 0 Å². The van der Waals surface area contributed by atoms with E-state index in [0.29, 0.717) is 10.8 Å². The molecule has 16 heavy (non-hydrogen) atoms. The minimum atomic E-state index is -1.06. The van der Waals surface area contributed by atoms with Gasteiger partial charge in [-0.05, 0) is 18.2 Å². The number of methoxy groups -OCH3 is 1. The fourth-order valence-corrected chi connectivity index (χ4v) is 1.40. The van der Waals surface area contributed by atoms with Crippen LogP contribution in [0.4, 0.5) is 0 Å². The van der Waals surface area contributed by atoms with Gasteiger partial charge in [-0.1, -0.05) is 0 Å². The molecule has 2 N–H and O–H groups in total. The van der Waals surface area contributed by atoms with Crippen LogP contribution in [-0.2, 0) is 0 Å². The Morgan fingerprint density at radius 1 is 1.31 bits per heavy atom. The normalized spacial score (nSPS) is 10.3. The molecule has 0 spiro atoms. The van der Waals surface area contributed by atoms with Gasteiger partial charge >= 0.3 is 5.97 Å². The monoisotopic (exact) mass is 220 g/mol. The molecule has 0 amide bonds. The van der Waals surface area contributed by atoms with Crippen LogP contribution in [0.25, 0.3) is 10.8 Å². The van der Waals surface area contributed by atoms with Crippen molar-refractivity contribution >= 4 is 16.7 Å². The molecule has 6 nitrogen and oxygen atoms in total. The number of nitrogens with zero attached hydrogens (tertiary/aromatic N) is 2. The van der Waals surface area contributed by atoms with Gasteiger partial charge in [0.25, 0.3) is 0 Å². The van der Waals surface area contributed by atoms with Crippen LogP contribution in [0.15, 0.2) is 18.2 Å². The number of ether oxygens (including phenoxy) is 1. The SMILES string of the molecule is COc1nnc(O)c2ccc(C(=O)O)cc12. The quantitative estimate of drug-likeness (QED) is 0.785. The maximum atomic E-state index is 10.8. The van der Waals surface area contributed by atoms with E-state index in [4.69, 9.17) is 9.84 Å². The molecule has 2 rings (SSSR count). The van der Waals surface area contributed by atoms with E-state index >= 15 is 0 Å². The van der Waals surface area contributed by atoms with Crippen molar-refractivity contribution in [2.75, 3.05) is 7.11 Å². The number of rotatable bonds is 2. The summed E-state index contributed by atoms with van der Waals surface area (Å²) >= 11 is 0. The van der Waals surface area contributed by atoms with Crippen LogP contribution in [0, 0.1) is 0 Å². The zero-order valence-corrected chi connectivity index (χ0v) is 8.34. The van der Waals surface area contributed by atoms with Crippen molar-refractivity contribution in [3.63, 3.8) is 0 Å². The molecule has 6 heteroatoms. The summed E-state index contributed by atoms with van der Waals surface area (Å²) in [5.41, 5.74) is 0.0956. The second kappa shape index (κ2) is 3.65. The number of carbonyl (C=O) groups is 1. The summed E-state index contributed by atoms with van der Waals surface area (Å²) in [5, 5.41) is 26.2. The Morgan fingerprint density at radius 2 is 2.06 bits per heavy atom. The molecule has 82 valence electrons. The van der Waals surface area contributed by atoms with Crippen molar-refractivity contribution in [2.45, 2.75) is 0 Å². The topological polar surface area (TPSA) is 92.5 Å². The fraction of sp³-hybridized carbons (Fsp3) is 0.100. The lowest BCUT2D eigenvalue weighted by atomic mass is 10.1. The Bertz CT molecular complexity index is 568. The van der Waals surface area contributed by atoms with E-state index in [1.165, 1.54) is 25.3 Å². The second-order valence-corrected chi connectivity index (χ2v) is 3.10. The maximum absolute atomic E-state index is 10.8. The first-order valence-electron chi connectivity index (χ1n) is 4.40. The lowest BCUT2D eigenvalue weighted by molar-refractivity contribution is 0.0697. The van der Waals surface area contributed by atoms with Gasteiger partial charge in [-0.15, -0.1) is 10.2 Å². The summed E-state index contributed by atoms with van der Waals surface area (Å²) in [6.45, 7) is 0. The molecule has 0 atom stereocenters. The number of hydrogen-bond donors (Lipinski definition) is 2. The summed E-state index contributed by atoms with van der Waals surface area (Å²) < 4.78 is 4.94. The van der Waals surface area contributed by atoms with Crippen LogP contribution in [0.3, 0.4) is 0 Å². The Hall–Kier alpha value is -2.37. The average Bonchev–Trinajstić information content (AvgIpc) is 2.29. The van der Waals surface area contributed by atoms with Gasteiger partial charge in [-0.2, -0.15) is 0 Å². The molecule has 0 fully saturated rings. The van der Waals surface area contributed by atoms with Crippen molar-refractivity contribution in [1.29, 1.82) is 0 Å². The summed E-state index contributed by atoms with van der Waals surface area (Å²) in [7, 11) is 1.40. The van der Waals surface area contributed by atoms with Crippen molar-refractivity contribution in [3.8, 4) is 11.8 Å². The predicted molar refractivity (Wildman–Crippen MR) is 54.7 cm³/mol. The van der Waals surface area contributed by atoms with Gasteiger partial charge in [0.2, 0.25) is 11.8 Å². The molecular formula is C10H8N2O4. The van der Waals surface area contributed by atoms with Gasteiger partial charge in [-0.3, -0.25) is 0 Å². The van der Waals surface area contributed by atoms with E-state index in [1.807, 2.05) is 0 Å². The van der Waals surface area contributed by atoms with Crippen molar-refractivity contribution in [3.05, 3.63) is 23.8 Å². The van der Waals surface area contributed by atoms with Crippen LogP contribution in [0.5, 0.6) is 11.8 Å². The summed E-state index contributed by atoms with van der Waals surface area (Å²) in [6, 6.07) is 4.22. The van der Waals surface area contributed by atoms with Crippen LogP contribution >= 0.6 is 0 Å². The zero-order chi connectivity index (χ0) is 11.7. The minimum Gasteiger partial charge on any atom is -0.492 e. The molecule has 0 unspecified atom stereocenters. The lowest BCUT2D eigenvalue weighted by Gasteiger charge is -2.05. The molecule has 0 saturated carbocycles. The molecular weight excluding hydrogens is 212 g/mol. The average molecular weight is 220 g/mol. The molecule has 0 aliphatic heterocycles. The molecule has 2 aromatic rings. The maximum Gasteiger partial charge on any atom is 0.335 e. The molecule has 0 bridgehead atoms. The fourth-order valence-electron chi connectivity index (χ4n) is 1.40. The first-order chi connectivity index (χ1) is 7.63. The number of aromatic nitrogens is 2. The van der Waals surface area contributed by atoms with Crippen molar-refractivity contribution in [1.82, 2.24) is 10.2 Å². The van der Waals surface area contributed by atoms with Gasteiger partial charge in [0.15, 0.2) is 0 Å². The standard InChI is InChI=1S/C10H8N2O4/c1-16-9-7-4-5(10(14)15)2-3-6(7)8(13)11-12-9/h2-4H,1H3,(H,11,13)(H,14,15). The molecule has 1 aromatic heterocycles. The number of fused-ring (bicyclic) bond motifs is 1. The highest BCUT2D eigenvalue weighted by Gasteiger charge is 2.11. The molecule has 1 aromatic carbocycles. The highest BCUT2D eigenvalue weighted by molar-refractivity contribution is 5.97. The molecule has 0 aliphatic rings. The Balaban J connectivity index is 2.79. The Labute approximate surface area is 90.1 Å². The summed E-state index contributed by atoms with van der Waals surface area (Å²) in [5.74, 6) is -1.14. The van der Waals surface area contributed by atoms with Crippen molar-refractivity contribution < 1.29 is 19.7 Å². The van der Waals surface area contributed by atoms with Crippen LogP contribution in [-0.4, -0.2) is 33.5 Å². The van der Waals surface area contributed by atoms with Gasteiger partial charge in [0.1, 0.15) is 0 Å². The number of aromatic hydroxyl groups is 1. The smallest absolute Gasteiger partial charge is 0.335 e. The highest BCUT2D eigenvalue weighted by atomic mass is 16.5. The van der Waals surface area contributed by atoms with Gasteiger partial charge in [-0.25, -0.2) is 4.79 Å². The predicted octanol–water partition coefficient (Wildman–Crippen LogP) is 1.04. The van der Waals surface area contributed by atoms with E-state index in [-0.39, 0.29) is 17.3 Å². The van der Waals surface area contributed by atoms with Crippen molar-refractivity contribution in [2.24, 2.45) is 0 Å². The third-order valence-corrected chi connectivity index (χ3v) is 2.17. The molecule has 0 radical (unpaired) electrons. The van der Waals surface area contributed by atoms with Crippen LogP contribution in [0.2, 0.25) is 0 Å². The Morgan fingerprint density at radius 3 is 2.69 bits per heavy atom. The molecule has 0 saturated heterocycles. The number of hydrogen-bond acceptors (Lipinski definition) is 5. The number of benzene rings is 1. The number of aromatic carboxylic acids is 1. The second-order valence-electron chi connectivity index (χ2n) is 3.10. The zero-order valence-electron chi connectivity index (χ0n) is 8.34. The van der Waals surface area contributed by atoms with Crippen LogP contribution in [0.1, 0.15) is 10.4 Å². The van der Waals surface area contributed by atoms with E-state index in [9.17, 15) is 9.90 Å². The minimum absolute atomic E-state index is 0.0956. The van der Waals surface area contributed by atoms with Crippen LogP contribution < -0.4 is 4.74 Å². The third-order valence-electron chi connectivity index (χ3n) is 2.17. The van der Waals surface area contributed by atoms with Gasteiger partial charge < -0.3 is 14.9 Å². The first-order valence-corrected chi connectivity index (χ1v) is 4.40. The molecule has 0 aliphatic carbocycles. The summed E-state index contributed by atoms with van der Waals surface area (Å²) in [4.78, 5) is 10.8.